The molecular formula is C18H24N4O3S2. The molecular weight excluding hydrogens is 384 g/mol. The number of sulfonamides is 1. The number of rotatable bonds is 7. The molecule has 1 unspecified atom stereocenters. The highest BCUT2D eigenvalue weighted by molar-refractivity contribution is 8.00. The first-order valence-electron chi connectivity index (χ1n) is 8.73. The quantitative estimate of drug-likeness (QED) is 0.712. The molecule has 3 rings (SSSR count). The Morgan fingerprint density at radius 2 is 2.07 bits per heavy atom. The van der Waals surface area contributed by atoms with E-state index in [0.717, 1.165) is 27.9 Å². The lowest BCUT2D eigenvalue weighted by atomic mass is 10.2. The number of anilines is 1. The van der Waals surface area contributed by atoms with Crippen LogP contribution in [0.5, 0.6) is 0 Å². The Balaban J connectivity index is 1.74. The van der Waals surface area contributed by atoms with Crippen LogP contribution in [0.15, 0.2) is 40.6 Å². The third kappa shape index (κ3) is 4.36. The fourth-order valence-electron chi connectivity index (χ4n) is 2.57. The lowest BCUT2D eigenvalue weighted by molar-refractivity contribution is -0.115. The molecule has 7 nitrogen and oxygen atoms in total. The van der Waals surface area contributed by atoms with Crippen molar-refractivity contribution in [2.75, 3.05) is 19.4 Å². The average Bonchev–Trinajstić information content (AvgIpc) is 3.35. The van der Waals surface area contributed by atoms with Crippen molar-refractivity contribution >= 4 is 33.4 Å². The van der Waals surface area contributed by atoms with Gasteiger partial charge in [-0.25, -0.2) is 17.7 Å². The molecule has 1 aromatic heterocycles. The number of benzene rings is 1. The summed E-state index contributed by atoms with van der Waals surface area (Å²) in [6.07, 6.45) is 6.00. The highest BCUT2D eigenvalue weighted by Gasteiger charge is 2.27. The summed E-state index contributed by atoms with van der Waals surface area (Å²) < 4.78 is 27.9. The summed E-state index contributed by atoms with van der Waals surface area (Å²) in [5.74, 6) is -0.187. The SMILES string of the molecule is Cc1ccc(S(=O)(=O)N(C)C)cc1NC(=O)C(C)Sc1nccn1C1CC1. The molecule has 1 aliphatic rings. The van der Waals surface area contributed by atoms with Crippen LogP contribution in [0.4, 0.5) is 5.69 Å². The van der Waals surface area contributed by atoms with Gasteiger partial charge in [-0.2, -0.15) is 0 Å². The normalized spacial score (nSPS) is 15.7. The van der Waals surface area contributed by atoms with Gasteiger partial charge in [-0.15, -0.1) is 0 Å². The van der Waals surface area contributed by atoms with Crippen LogP contribution >= 0.6 is 11.8 Å². The lowest BCUT2D eigenvalue weighted by Crippen LogP contribution is -2.25. The molecule has 1 aromatic carbocycles. The van der Waals surface area contributed by atoms with Gasteiger partial charge in [0.05, 0.1) is 10.1 Å². The van der Waals surface area contributed by atoms with Crippen LogP contribution in [0.1, 0.15) is 31.4 Å². The topological polar surface area (TPSA) is 84.3 Å². The van der Waals surface area contributed by atoms with E-state index in [2.05, 4.69) is 14.9 Å². The molecule has 0 saturated heterocycles. The summed E-state index contributed by atoms with van der Waals surface area (Å²) in [7, 11) is -0.597. The van der Waals surface area contributed by atoms with E-state index < -0.39 is 10.0 Å². The second-order valence-corrected chi connectivity index (χ2v) is 10.3. The number of carbonyl (C=O) groups excluding carboxylic acids is 1. The van der Waals surface area contributed by atoms with Crippen molar-refractivity contribution in [3.05, 3.63) is 36.2 Å². The van der Waals surface area contributed by atoms with Crippen molar-refractivity contribution in [3.63, 3.8) is 0 Å². The Labute approximate surface area is 164 Å². The van der Waals surface area contributed by atoms with Gasteiger partial charge in [0, 0.05) is 38.2 Å². The zero-order valence-corrected chi connectivity index (χ0v) is 17.5. The molecule has 2 aromatic rings. The average molecular weight is 409 g/mol. The summed E-state index contributed by atoms with van der Waals surface area (Å²) >= 11 is 1.41. The Morgan fingerprint density at radius 1 is 1.37 bits per heavy atom. The molecule has 27 heavy (non-hydrogen) atoms. The third-order valence-electron chi connectivity index (χ3n) is 4.47. The van der Waals surface area contributed by atoms with Crippen LogP contribution < -0.4 is 5.32 Å². The molecule has 1 aliphatic carbocycles. The number of hydrogen-bond acceptors (Lipinski definition) is 5. The first-order chi connectivity index (χ1) is 12.7. The van der Waals surface area contributed by atoms with Gasteiger partial charge in [-0.1, -0.05) is 17.8 Å². The lowest BCUT2D eigenvalue weighted by Gasteiger charge is -2.16. The van der Waals surface area contributed by atoms with Crippen LogP contribution in [0.3, 0.4) is 0 Å². The minimum atomic E-state index is -3.56. The minimum Gasteiger partial charge on any atom is -0.325 e. The van der Waals surface area contributed by atoms with Crippen molar-refractivity contribution in [1.29, 1.82) is 0 Å². The first kappa shape index (κ1) is 19.9. The van der Waals surface area contributed by atoms with Crippen LogP contribution in [-0.4, -0.2) is 47.5 Å². The van der Waals surface area contributed by atoms with Gasteiger partial charge in [-0.3, -0.25) is 4.79 Å². The Bertz CT molecular complexity index is 949. The number of amides is 1. The second-order valence-electron chi connectivity index (χ2n) is 6.86. The van der Waals surface area contributed by atoms with Crippen LogP contribution in [0.2, 0.25) is 0 Å². The molecule has 1 saturated carbocycles. The largest absolute Gasteiger partial charge is 0.325 e. The van der Waals surface area contributed by atoms with E-state index in [4.69, 9.17) is 0 Å². The number of aromatic nitrogens is 2. The van der Waals surface area contributed by atoms with Crippen molar-refractivity contribution < 1.29 is 13.2 Å². The van der Waals surface area contributed by atoms with E-state index in [1.807, 2.05) is 20.0 Å². The van der Waals surface area contributed by atoms with Crippen molar-refractivity contribution in [2.45, 2.75) is 48.0 Å². The monoisotopic (exact) mass is 408 g/mol. The number of thioether (sulfide) groups is 1. The van der Waals surface area contributed by atoms with Crippen LogP contribution in [0.25, 0.3) is 0 Å². The van der Waals surface area contributed by atoms with E-state index >= 15 is 0 Å². The third-order valence-corrected chi connectivity index (χ3v) is 7.38. The zero-order chi connectivity index (χ0) is 19.8. The number of carbonyl (C=O) groups is 1. The number of nitrogens with one attached hydrogen (secondary N) is 1. The fraction of sp³-hybridized carbons (Fsp3) is 0.444. The maximum atomic E-state index is 12.7. The molecule has 0 aliphatic heterocycles. The fourth-order valence-corrected chi connectivity index (χ4v) is 4.44. The maximum absolute atomic E-state index is 12.7. The van der Waals surface area contributed by atoms with Gasteiger partial charge in [0.15, 0.2) is 5.16 Å². The van der Waals surface area contributed by atoms with Gasteiger partial charge in [0.1, 0.15) is 0 Å². The van der Waals surface area contributed by atoms with E-state index in [1.54, 1.807) is 18.3 Å². The molecule has 1 N–H and O–H groups in total. The Kier molecular flexibility index (Phi) is 5.64. The molecule has 0 bridgehead atoms. The van der Waals surface area contributed by atoms with E-state index in [9.17, 15) is 13.2 Å². The van der Waals surface area contributed by atoms with Gasteiger partial charge < -0.3 is 9.88 Å². The van der Waals surface area contributed by atoms with E-state index in [1.165, 1.54) is 31.9 Å². The smallest absolute Gasteiger partial charge is 0.242 e. The Hall–Kier alpha value is -1.84. The highest BCUT2D eigenvalue weighted by Crippen LogP contribution is 2.38. The zero-order valence-electron chi connectivity index (χ0n) is 15.8. The Morgan fingerprint density at radius 3 is 2.70 bits per heavy atom. The molecule has 9 heteroatoms. The molecule has 1 fully saturated rings. The number of imidazole rings is 1. The standard InChI is InChI=1S/C18H24N4O3S2/c1-12-5-8-15(27(24,25)21(3)4)11-16(12)20-17(23)13(2)26-18-19-9-10-22(18)14-6-7-14/h5,8-11,13-14H,6-7H2,1-4H3,(H,20,23). The molecule has 146 valence electrons. The predicted molar refractivity (Wildman–Crippen MR) is 106 cm³/mol. The summed E-state index contributed by atoms with van der Waals surface area (Å²) in [5.41, 5.74) is 1.30. The summed E-state index contributed by atoms with van der Waals surface area (Å²) in [4.78, 5) is 17.2. The van der Waals surface area contributed by atoms with Crippen LogP contribution in [-0.2, 0) is 14.8 Å². The molecule has 1 amide bonds. The first-order valence-corrected chi connectivity index (χ1v) is 11.1. The summed E-state index contributed by atoms with van der Waals surface area (Å²) in [5, 5.41) is 3.33. The van der Waals surface area contributed by atoms with Gasteiger partial charge in [-0.05, 0) is 44.4 Å². The van der Waals surface area contributed by atoms with Crippen LogP contribution in [0, 0.1) is 6.92 Å². The van der Waals surface area contributed by atoms with Gasteiger partial charge in [0.25, 0.3) is 0 Å². The van der Waals surface area contributed by atoms with Crippen molar-refractivity contribution in [3.8, 4) is 0 Å². The van der Waals surface area contributed by atoms with Gasteiger partial charge in [0.2, 0.25) is 15.9 Å². The number of hydrogen-bond donors (Lipinski definition) is 1. The number of nitrogens with zero attached hydrogens (tertiary/aromatic N) is 3. The van der Waals surface area contributed by atoms with Crippen molar-refractivity contribution in [1.82, 2.24) is 13.9 Å². The summed E-state index contributed by atoms with van der Waals surface area (Å²) in [6, 6.07) is 5.25. The van der Waals surface area contributed by atoms with Gasteiger partial charge >= 0.3 is 0 Å². The minimum absolute atomic E-state index is 0.151. The highest BCUT2D eigenvalue weighted by atomic mass is 32.2. The molecule has 0 spiro atoms. The van der Waals surface area contributed by atoms with E-state index in [-0.39, 0.29) is 16.1 Å². The molecule has 1 heterocycles. The van der Waals surface area contributed by atoms with E-state index in [0.29, 0.717) is 11.7 Å². The maximum Gasteiger partial charge on any atom is 0.242 e. The van der Waals surface area contributed by atoms with Crippen molar-refractivity contribution in [2.24, 2.45) is 0 Å². The molecule has 1 atom stereocenters. The summed E-state index contributed by atoms with van der Waals surface area (Å²) in [6.45, 7) is 3.65. The second kappa shape index (κ2) is 7.65. The number of aryl methyl sites for hydroxylation is 1. The predicted octanol–water partition coefficient (Wildman–Crippen LogP) is 2.90. The molecule has 0 radical (unpaired) electrons.